The third kappa shape index (κ3) is 5.55. The minimum absolute atomic E-state index is 0.0333. The van der Waals surface area contributed by atoms with E-state index in [-0.39, 0.29) is 4.90 Å². The molecule has 1 aliphatic rings. The van der Waals surface area contributed by atoms with E-state index >= 15 is 0 Å². The molecule has 0 unspecified atom stereocenters. The minimum atomic E-state index is -4.04. The Kier molecular flexibility index (Phi) is 7.21. The first kappa shape index (κ1) is 24.1. The third-order valence-corrected chi connectivity index (χ3v) is 7.08. The summed E-state index contributed by atoms with van der Waals surface area (Å²) in [6.07, 6.45) is 0. The van der Waals surface area contributed by atoms with Gasteiger partial charge in [-0.2, -0.15) is 5.10 Å². The molecule has 3 aromatic rings. The number of hydrazone groups is 1. The van der Waals surface area contributed by atoms with Gasteiger partial charge in [0, 0.05) is 5.56 Å². The maximum Gasteiger partial charge on any atom is 0.264 e. The van der Waals surface area contributed by atoms with Gasteiger partial charge in [-0.25, -0.2) is 13.8 Å². The number of anilines is 1. The van der Waals surface area contributed by atoms with Crippen LogP contribution in [-0.2, 0) is 14.8 Å². The monoisotopic (exact) mass is 495 g/mol. The van der Waals surface area contributed by atoms with E-state index in [2.05, 4.69) is 10.5 Å². The van der Waals surface area contributed by atoms with Gasteiger partial charge in [-0.05, 0) is 61.5 Å². The zero-order valence-corrected chi connectivity index (χ0v) is 20.1. The molecule has 0 aromatic heterocycles. The van der Waals surface area contributed by atoms with Crippen LogP contribution in [0, 0.1) is 0 Å². The Balaban J connectivity index is 1.53. The van der Waals surface area contributed by atoms with Gasteiger partial charge in [0.15, 0.2) is 11.5 Å². The van der Waals surface area contributed by atoms with Gasteiger partial charge < -0.3 is 14.2 Å². The molecule has 1 N–H and O–H groups in total. The predicted octanol–water partition coefficient (Wildman–Crippen LogP) is 3.20. The highest BCUT2D eigenvalue weighted by atomic mass is 32.2. The largest absolute Gasteiger partial charge is 0.497 e. The van der Waals surface area contributed by atoms with Crippen molar-refractivity contribution in [2.75, 3.05) is 31.2 Å². The Morgan fingerprint density at radius 3 is 2.37 bits per heavy atom. The van der Waals surface area contributed by atoms with Crippen molar-refractivity contribution in [1.82, 2.24) is 5.43 Å². The number of fused-ring (bicyclic) bond motifs is 1. The topological polar surface area (TPSA) is 107 Å². The zero-order valence-electron chi connectivity index (χ0n) is 19.3. The molecule has 0 aliphatic carbocycles. The van der Waals surface area contributed by atoms with Crippen LogP contribution in [0.3, 0.4) is 0 Å². The highest BCUT2D eigenvalue weighted by Gasteiger charge is 2.27. The number of benzene rings is 3. The number of methoxy groups -OCH3 is 1. The first-order valence-corrected chi connectivity index (χ1v) is 12.3. The summed E-state index contributed by atoms with van der Waals surface area (Å²) >= 11 is 0. The Hall–Kier alpha value is -4.05. The molecular formula is C25H25N3O6S. The van der Waals surface area contributed by atoms with E-state index in [1.54, 1.807) is 61.5 Å². The van der Waals surface area contributed by atoms with Crippen LogP contribution in [0.5, 0.6) is 17.2 Å². The normalized spacial score (nSPS) is 13.1. The maximum absolute atomic E-state index is 13.4. The number of hydrogen-bond donors (Lipinski definition) is 1. The predicted molar refractivity (Wildman–Crippen MR) is 132 cm³/mol. The maximum atomic E-state index is 13.4. The molecule has 0 saturated heterocycles. The van der Waals surface area contributed by atoms with Crippen LogP contribution >= 0.6 is 0 Å². The third-order valence-electron chi connectivity index (χ3n) is 5.29. The van der Waals surface area contributed by atoms with Gasteiger partial charge in [0.05, 0.1) is 23.4 Å². The van der Waals surface area contributed by atoms with Crippen molar-refractivity contribution >= 4 is 27.3 Å². The Morgan fingerprint density at radius 2 is 1.69 bits per heavy atom. The van der Waals surface area contributed by atoms with Gasteiger partial charge in [-0.3, -0.25) is 9.10 Å². The fourth-order valence-corrected chi connectivity index (χ4v) is 4.85. The summed E-state index contributed by atoms with van der Waals surface area (Å²) in [5, 5.41) is 4.15. The van der Waals surface area contributed by atoms with Crippen LogP contribution in [0.2, 0.25) is 0 Å². The molecule has 1 amide bonds. The van der Waals surface area contributed by atoms with E-state index in [0.29, 0.717) is 41.9 Å². The molecule has 0 saturated carbocycles. The molecule has 35 heavy (non-hydrogen) atoms. The molecule has 1 aliphatic heterocycles. The summed E-state index contributed by atoms with van der Waals surface area (Å²) in [7, 11) is -2.54. The second kappa shape index (κ2) is 10.5. The van der Waals surface area contributed by atoms with E-state index in [1.165, 1.54) is 19.2 Å². The van der Waals surface area contributed by atoms with Crippen molar-refractivity contribution in [2.45, 2.75) is 11.8 Å². The van der Waals surface area contributed by atoms with Crippen LogP contribution < -0.4 is 23.9 Å². The minimum Gasteiger partial charge on any atom is -0.497 e. The van der Waals surface area contributed by atoms with Crippen molar-refractivity contribution in [3.05, 3.63) is 78.4 Å². The number of amides is 1. The molecule has 1 heterocycles. The Bertz CT molecular complexity index is 1330. The molecule has 3 aromatic carbocycles. The summed E-state index contributed by atoms with van der Waals surface area (Å²) in [5.74, 6) is 1.19. The number of ether oxygens (including phenoxy) is 3. The molecule has 0 radical (unpaired) electrons. The number of carbonyl (C=O) groups is 1. The van der Waals surface area contributed by atoms with Crippen molar-refractivity contribution < 1.29 is 27.4 Å². The van der Waals surface area contributed by atoms with E-state index in [0.717, 1.165) is 9.87 Å². The number of hydrogen-bond acceptors (Lipinski definition) is 7. The number of rotatable bonds is 8. The van der Waals surface area contributed by atoms with Crippen molar-refractivity contribution in [3.8, 4) is 17.2 Å². The van der Waals surface area contributed by atoms with Gasteiger partial charge in [0.25, 0.3) is 15.9 Å². The second-order valence-corrected chi connectivity index (χ2v) is 9.48. The lowest BCUT2D eigenvalue weighted by molar-refractivity contribution is -0.119. The lowest BCUT2D eigenvalue weighted by atomic mass is 10.1. The number of sulfonamides is 1. The van der Waals surface area contributed by atoms with Crippen LogP contribution in [0.15, 0.2) is 82.8 Å². The van der Waals surface area contributed by atoms with E-state index in [4.69, 9.17) is 14.2 Å². The smallest absolute Gasteiger partial charge is 0.264 e. The van der Waals surface area contributed by atoms with Crippen molar-refractivity contribution in [3.63, 3.8) is 0 Å². The van der Waals surface area contributed by atoms with Crippen LogP contribution in [0.25, 0.3) is 0 Å². The Labute approximate surface area is 204 Å². The van der Waals surface area contributed by atoms with Crippen LogP contribution in [-0.4, -0.2) is 46.9 Å². The lowest BCUT2D eigenvalue weighted by Gasteiger charge is -2.23. The van der Waals surface area contributed by atoms with Gasteiger partial charge in [0.1, 0.15) is 25.5 Å². The summed E-state index contributed by atoms with van der Waals surface area (Å²) in [5.41, 5.74) is 4.07. The summed E-state index contributed by atoms with van der Waals surface area (Å²) < 4.78 is 44.1. The van der Waals surface area contributed by atoms with Gasteiger partial charge in [-0.15, -0.1) is 0 Å². The molecular weight excluding hydrogens is 470 g/mol. The fourth-order valence-electron chi connectivity index (χ4n) is 3.43. The van der Waals surface area contributed by atoms with E-state index in [1.807, 2.05) is 6.07 Å². The summed E-state index contributed by atoms with van der Waals surface area (Å²) in [4.78, 5) is 12.8. The van der Waals surface area contributed by atoms with Gasteiger partial charge in [-0.1, -0.05) is 18.2 Å². The molecule has 4 rings (SSSR count). The summed E-state index contributed by atoms with van der Waals surface area (Å²) in [6.45, 7) is 2.22. The molecule has 0 atom stereocenters. The fraction of sp³-hybridized carbons (Fsp3) is 0.200. The molecule has 0 spiro atoms. The lowest BCUT2D eigenvalue weighted by Crippen LogP contribution is -2.39. The van der Waals surface area contributed by atoms with E-state index < -0.39 is 22.5 Å². The number of nitrogens with zero attached hydrogens (tertiary/aromatic N) is 2. The highest BCUT2D eigenvalue weighted by Crippen LogP contribution is 2.31. The average molecular weight is 496 g/mol. The van der Waals surface area contributed by atoms with E-state index in [9.17, 15) is 13.2 Å². The number of carbonyl (C=O) groups excluding carboxylic acids is 1. The van der Waals surface area contributed by atoms with Gasteiger partial charge >= 0.3 is 0 Å². The first-order chi connectivity index (χ1) is 16.9. The number of para-hydroxylation sites is 1. The first-order valence-electron chi connectivity index (χ1n) is 10.8. The highest BCUT2D eigenvalue weighted by molar-refractivity contribution is 7.92. The molecule has 9 nitrogen and oxygen atoms in total. The Morgan fingerprint density at radius 1 is 1.00 bits per heavy atom. The molecule has 0 bridgehead atoms. The van der Waals surface area contributed by atoms with Gasteiger partial charge in [0.2, 0.25) is 0 Å². The molecule has 182 valence electrons. The quantitative estimate of drug-likeness (QED) is 0.380. The zero-order chi connectivity index (χ0) is 24.8. The second-order valence-electron chi connectivity index (χ2n) is 7.61. The van der Waals surface area contributed by atoms with Crippen LogP contribution in [0.4, 0.5) is 5.69 Å². The molecule has 10 heteroatoms. The SMILES string of the molecule is COc1ccc(S(=O)(=O)N(CC(=O)N/N=C(/C)c2ccc3c(c2)OCCO3)c2ccccc2)cc1. The summed E-state index contributed by atoms with van der Waals surface area (Å²) in [6, 6.07) is 19.8. The van der Waals surface area contributed by atoms with Crippen molar-refractivity contribution in [2.24, 2.45) is 5.10 Å². The molecule has 0 fully saturated rings. The standard InChI is InChI=1S/C25H25N3O6S/c1-18(19-8-13-23-24(16-19)34-15-14-33-23)26-27-25(29)17-28(20-6-4-3-5-7-20)35(30,31)22-11-9-21(32-2)10-12-22/h3-13,16H,14-15,17H2,1-2H3,(H,27,29)/b26-18-. The average Bonchev–Trinajstić information content (AvgIpc) is 2.90. The van der Waals surface area contributed by atoms with Crippen molar-refractivity contribution in [1.29, 1.82) is 0 Å². The number of nitrogens with one attached hydrogen (secondary N) is 1. The van der Waals surface area contributed by atoms with Crippen LogP contribution in [0.1, 0.15) is 12.5 Å².